The molecular formula is C50H40F12N2. The minimum Gasteiger partial charge on any atom is -0.372 e. The molecule has 334 valence electrons. The van der Waals surface area contributed by atoms with Gasteiger partial charge < -0.3 is 9.80 Å². The van der Waals surface area contributed by atoms with Crippen LogP contribution in [-0.2, 0) is 24.7 Å². The average Bonchev–Trinajstić information content (AvgIpc) is 3.24. The molecule has 5 aromatic carbocycles. The first-order valence-electron chi connectivity index (χ1n) is 19.9. The maximum Gasteiger partial charge on any atom is 0.416 e. The monoisotopic (exact) mass is 896 g/mol. The quantitative estimate of drug-likeness (QED) is 0.0783. The SMILES string of the molecule is CCN(CC)c1ccc(/C=C/c2cc(C#Cc3cc(C(F)(F)F)cc(C(F)(F)F)c3)c(C#Cc3cc(C(F)(F)F)cc(C(F)(F)F)c3)cc2/C=C/c2ccc(N(CC)CC)cc2)cc1. The van der Waals surface area contributed by atoms with Gasteiger partial charge in [0, 0.05) is 59.8 Å². The maximum absolute atomic E-state index is 13.7. The van der Waals surface area contributed by atoms with Crippen LogP contribution in [0.1, 0.15) is 94.5 Å². The van der Waals surface area contributed by atoms with Gasteiger partial charge in [0.05, 0.1) is 22.3 Å². The molecule has 0 fully saturated rings. The number of benzene rings is 5. The highest BCUT2D eigenvalue weighted by atomic mass is 19.4. The third kappa shape index (κ3) is 12.8. The highest BCUT2D eigenvalue weighted by molar-refractivity contribution is 5.82. The molecule has 0 saturated carbocycles. The van der Waals surface area contributed by atoms with E-state index >= 15 is 0 Å². The van der Waals surface area contributed by atoms with E-state index in [1.807, 2.05) is 76.2 Å². The topological polar surface area (TPSA) is 6.48 Å². The fourth-order valence-electron chi connectivity index (χ4n) is 6.60. The Labute approximate surface area is 363 Å². The maximum atomic E-state index is 13.7. The normalized spacial score (nSPS) is 12.2. The predicted molar refractivity (Wildman–Crippen MR) is 229 cm³/mol. The lowest BCUT2D eigenvalue weighted by Gasteiger charge is -2.20. The lowest BCUT2D eigenvalue weighted by Crippen LogP contribution is -2.21. The molecule has 0 spiro atoms. The molecule has 2 nitrogen and oxygen atoms in total. The summed E-state index contributed by atoms with van der Waals surface area (Å²) in [5, 5.41) is 0. The van der Waals surface area contributed by atoms with Crippen LogP contribution in [0.15, 0.2) is 97.1 Å². The average molecular weight is 897 g/mol. The molecule has 0 bridgehead atoms. The van der Waals surface area contributed by atoms with Crippen LogP contribution < -0.4 is 9.80 Å². The van der Waals surface area contributed by atoms with Crippen LogP contribution in [0.2, 0.25) is 0 Å². The fourth-order valence-corrected chi connectivity index (χ4v) is 6.60. The lowest BCUT2D eigenvalue weighted by molar-refractivity contribution is -0.144. The fraction of sp³-hybridized carbons (Fsp3) is 0.240. The van der Waals surface area contributed by atoms with Gasteiger partial charge in [-0.3, -0.25) is 0 Å². The molecule has 5 aromatic rings. The number of hydrogen-bond acceptors (Lipinski definition) is 2. The Bertz CT molecular complexity index is 2350. The summed E-state index contributed by atoms with van der Waals surface area (Å²) in [5.74, 6) is 9.85. The molecule has 5 rings (SSSR count). The number of alkyl halides is 12. The van der Waals surface area contributed by atoms with Gasteiger partial charge in [-0.15, -0.1) is 0 Å². The first kappa shape index (κ1) is 48.5. The van der Waals surface area contributed by atoms with Gasteiger partial charge in [-0.25, -0.2) is 0 Å². The Morgan fingerprint density at radius 3 is 0.906 bits per heavy atom. The van der Waals surface area contributed by atoms with Crippen molar-refractivity contribution in [2.75, 3.05) is 36.0 Å². The van der Waals surface area contributed by atoms with Gasteiger partial charge in [0.1, 0.15) is 0 Å². The summed E-state index contributed by atoms with van der Waals surface area (Å²) >= 11 is 0. The first-order valence-corrected chi connectivity index (χ1v) is 19.9. The Kier molecular flexibility index (Phi) is 15.1. The molecule has 0 amide bonds. The molecule has 14 heteroatoms. The van der Waals surface area contributed by atoms with E-state index in [1.165, 1.54) is 12.1 Å². The van der Waals surface area contributed by atoms with E-state index in [0.29, 0.717) is 35.4 Å². The van der Waals surface area contributed by atoms with Gasteiger partial charge in [0.2, 0.25) is 0 Å². The van der Waals surface area contributed by atoms with Crippen molar-refractivity contribution in [3.63, 3.8) is 0 Å². The van der Waals surface area contributed by atoms with Gasteiger partial charge in [0.15, 0.2) is 0 Å². The van der Waals surface area contributed by atoms with Crippen molar-refractivity contribution in [2.45, 2.75) is 52.4 Å². The first-order chi connectivity index (χ1) is 30.0. The number of anilines is 2. The van der Waals surface area contributed by atoms with Gasteiger partial charge >= 0.3 is 24.7 Å². The number of hydrogen-bond donors (Lipinski definition) is 0. The van der Waals surface area contributed by atoms with Crippen LogP contribution in [0.3, 0.4) is 0 Å². The molecule has 0 aliphatic carbocycles. The van der Waals surface area contributed by atoms with Crippen LogP contribution in [0.5, 0.6) is 0 Å². The summed E-state index contributed by atoms with van der Waals surface area (Å²) in [5.41, 5.74) is -3.67. The zero-order valence-corrected chi connectivity index (χ0v) is 34.8. The molecule has 0 atom stereocenters. The van der Waals surface area contributed by atoms with E-state index in [4.69, 9.17) is 0 Å². The van der Waals surface area contributed by atoms with E-state index in [9.17, 15) is 52.7 Å². The zero-order chi connectivity index (χ0) is 47.0. The predicted octanol–water partition coefficient (Wildman–Crippen LogP) is 14.6. The number of nitrogens with zero attached hydrogens (tertiary/aromatic N) is 2. The Hall–Kier alpha value is -6.54. The Morgan fingerprint density at radius 2 is 0.656 bits per heavy atom. The van der Waals surface area contributed by atoms with E-state index in [1.54, 1.807) is 24.3 Å². The lowest BCUT2D eigenvalue weighted by atomic mass is 9.96. The van der Waals surface area contributed by atoms with Crippen LogP contribution in [0.25, 0.3) is 24.3 Å². The van der Waals surface area contributed by atoms with Gasteiger partial charge in [-0.1, -0.05) is 72.3 Å². The van der Waals surface area contributed by atoms with E-state index < -0.39 is 58.1 Å². The summed E-state index contributed by atoms with van der Waals surface area (Å²) in [7, 11) is 0. The Morgan fingerprint density at radius 1 is 0.375 bits per heavy atom. The largest absolute Gasteiger partial charge is 0.416 e. The van der Waals surface area contributed by atoms with E-state index in [2.05, 4.69) is 33.5 Å². The summed E-state index contributed by atoms with van der Waals surface area (Å²) in [6.07, 6.45) is -13.8. The summed E-state index contributed by atoms with van der Waals surface area (Å²) in [6.45, 7) is 11.2. The second-order valence-electron chi connectivity index (χ2n) is 14.3. The molecule has 0 aliphatic heterocycles. The number of rotatable bonds is 10. The smallest absolute Gasteiger partial charge is 0.372 e. The van der Waals surface area contributed by atoms with Gasteiger partial charge in [0.25, 0.3) is 0 Å². The van der Waals surface area contributed by atoms with Crippen LogP contribution in [0.4, 0.5) is 64.1 Å². The van der Waals surface area contributed by atoms with E-state index in [0.717, 1.165) is 48.7 Å². The second-order valence-corrected chi connectivity index (χ2v) is 14.3. The summed E-state index contributed by atoms with van der Waals surface area (Å²) < 4.78 is 165. The van der Waals surface area contributed by atoms with Crippen molar-refractivity contribution in [3.8, 4) is 23.7 Å². The van der Waals surface area contributed by atoms with E-state index in [-0.39, 0.29) is 23.3 Å². The van der Waals surface area contributed by atoms with Gasteiger partial charge in [-0.05, 0) is 123 Å². The molecule has 0 aromatic heterocycles. The van der Waals surface area contributed by atoms with Crippen molar-refractivity contribution >= 4 is 35.7 Å². The number of halogens is 12. The van der Waals surface area contributed by atoms with Crippen molar-refractivity contribution < 1.29 is 52.7 Å². The zero-order valence-electron chi connectivity index (χ0n) is 34.8. The van der Waals surface area contributed by atoms with Crippen molar-refractivity contribution in [2.24, 2.45) is 0 Å². The molecule has 0 heterocycles. The third-order valence-electron chi connectivity index (χ3n) is 10.0. The molecule has 0 unspecified atom stereocenters. The standard InChI is InChI=1S/C50H40F12N2/c1-5-63(6-2)45-21-13-33(14-22-45)9-17-37-29-39(19-11-35-25-41(47(51,52)53)31-42(26-35)48(54,55)56)40(20-12-36-27-43(49(57,58)59)32-44(28-36)50(60,61)62)30-38(37)18-10-34-15-23-46(24-16-34)64(7-3)8-4/h9-10,13-18,21-32H,5-8H2,1-4H3/b17-9+,18-10+. The molecule has 0 N–H and O–H groups in total. The molecule has 0 saturated heterocycles. The summed E-state index contributed by atoms with van der Waals surface area (Å²) in [4.78, 5) is 4.28. The van der Waals surface area contributed by atoms with Crippen molar-refractivity contribution in [3.05, 3.63) is 164 Å². The van der Waals surface area contributed by atoms with Crippen LogP contribution >= 0.6 is 0 Å². The molecule has 0 aliphatic rings. The van der Waals surface area contributed by atoms with Crippen LogP contribution in [-0.4, -0.2) is 26.2 Å². The second kappa shape index (κ2) is 19.9. The van der Waals surface area contributed by atoms with Crippen molar-refractivity contribution in [1.82, 2.24) is 0 Å². The summed E-state index contributed by atoms with van der Waals surface area (Å²) in [6, 6.07) is 19.7. The van der Waals surface area contributed by atoms with Gasteiger partial charge in [-0.2, -0.15) is 52.7 Å². The molecular weight excluding hydrogens is 857 g/mol. The van der Waals surface area contributed by atoms with Crippen molar-refractivity contribution in [1.29, 1.82) is 0 Å². The highest BCUT2D eigenvalue weighted by Gasteiger charge is 2.38. The highest BCUT2D eigenvalue weighted by Crippen LogP contribution is 2.38. The van der Waals surface area contributed by atoms with Crippen LogP contribution in [0, 0.1) is 23.7 Å². The molecule has 0 radical (unpaired) electrons. The minimum absolute atomic E-state index is 0.0535. The molecule has 64 heavy (non-hydrogen) atoms. The third-order valence-corrected chi connectivity index (χ3v) is 10.0. The minimum atomic E-state index is -5.17. The Balaban J connectivity index is 1.76.